The molecule has 1 saturated carbocycles. The monoisotopic (exact) mass is 400 g/mol. The van der Waals surface area contributed by atoms with E-state index in [1.54, 1.807) is 55.5 Å². The Morgan fingerprint density at radius 1 is 1.07 bits per heavy atom. The second-order valence-electron chi connectivity index (χ2n) is 7.06. The molecule has 28 heavy (non-hydrogen) atoms. The fraction of sp³-hybridized carbons (Fsp3) is 0.364. The number of hydrogen-bond donors (Lipinski definition) is 2. The maximum atomic E-state index is 12.7. The SMILES string of the molecule is CC(Oc1cccc(Cl)c1)C(=O)Nc1ccccc1C(=O)NC1CCCCC1. The lowest BCUT2D eigenvalue weighted by Crippen LogP contribution is -2.37. The average Bonchev–Trinajstić information content (AvgIpc) is 2.69. The highest BCUT2D eigenvalue weighted by Gasteiger charge is 2.21. The number of para-hydroxylation sites is 1. The highest BCUT2D eigenvalue weighted by atomic mass is 35.5. The Balaban J connectivity index is 1.64. The van der Waals surface area contributed by atoms with Crippen LogP contribution in [0, 0.1) is 0 Å². The van der Waals surface area contributed by atoms with Crippen LogP contribution in [0.3, 0.4) is 0 Å². The predicted octanol–water partition coefficient (Wildman–Crippen LogP) is 4.81. The quantitative estimate of drug-likeness (QED) is 0.731. The number of carbonyl (C=O) groups is 2. The van der Waals surface area contributed by atoms with E-state index in [4.69, 9.17) is 16.3 Å². The summed E-state index contributed by atoms with van der Waals surface area (Å²) in [5, 5.41) is 6.43. The van der Waals surface area contributed by atoms with Crippen LogP contribution in [0.2, 0.25) is 5.02 Å². The van der Waals surface area contributed by atoms with Gasteiger partial charge in [0.05, 0.1) is 11.3 Å². The van der Waals surface area contributed by atoms with Crippen LogP contribution in [-0.4, -0.2) is 24.0 Å². The molecule has 1 fully saturated rings. The number of ether oxygens (including phenoxy) is 1. The fourth-order valence-corrected chi connectivity index (χ4v) is 3.51. The number of hydrogen-bond acceptors (Lipinski definition) is 3. The van der Waals surface area contributed by atoms with E-state index in [2.05, 4.69) is 10.6 Å². The van der Waals surface area contributed by atoms with E-state index < -0.39 is 6.10 Å². The van der Waals surface area contributed by atoms with Gasteiger partial charge in [-0.1, -0.05) is 49.1 Å². The molecule has 1 unspecified atom stereocenters. The number of rotatable bonds is 6. The maximum Gasteiger partial charge on any atom is 0.265 e. The van der Waals surface area contributed by atoms with Gasteiger partial charge in [0, 0.05) is 11.1 Å². The summed E-state index contributed by atoms with van der Waals surface area (Å²) in [6.45, 7) is 1.65. The van der Waals surface area contributed by atoms with Crippen molar-refractivity contribution in [3.05, 3.63) is 59.1 Å². The Labute approximate surface area is 170 Å². The van der Waals surface area contributed by atoms with Gasteiger partial charge in [0.15, 0.2) is 6.10 Å². The predicted molar refractivity (Wildman–Crippen MR) is 111 cm³/mol. The van der Waals surface area contributed by atoms with Gasteiger partial charge in [-0.3, -0.25) is 9.59 Å². The summed E-state index contributed by atoms with van der Waals surface area (Å²) in [5.74, 6) is 0.0163. The molecule has 0 aliphatic heterocycles. The molecule has 1 aliphatic rings. The Kier molecular flexibility index (Phi) is 6.93. The molecular weight excluding hydrogens is 376 g/mol. The van der Waals surface area contributed by atoms with E-state index in [-0.39, 0.29) is 17.9 Å². The molecule has 2 aromatic rings. The minimum atomic E-state index is -0.743. The molecule has 6 heteroatoms. The molecule has 0 radical (unpaired) electrons. The largest absolute Gasteiger partial charge is 0.481 e. The molecule has 148 valence electrons. The third-order valence-corrected chi connectivity index (χ3v) is 5.08. The third kappa shape index (κ3) is 5.49. The van der Waals surface area contributed by atoms with Crippen LogP contribution in [0.15, 0.2) is 48.5 Å². The molecule has 3 rings (SSSR count). The van der Waals surface area contributed by atoms with Gasteiger partial charge in [0.1, 0.15) is 5.75 Å². The summed E-state index contributed by atoms with van der Waals surface area (Å²) >= 11 is 5.95. The molecule has 5 nitrogen and oxygen atoms in total. The van der Waals surface area contributed by atoms with E-state index in [1.165, 1.54) is 6.42 Å². The molecule has 0 spiro atoms. The van der Waals surface area contributed by atoms with Crippen LogP contribution in [0.25, 0.3) is 0 Å². The Morgan fingerprint density at radius 2 is 1.82 bits per heavy atom. The maximum absolute atomic E-state index is 12.7. The van der Waals surface area contributed by atoms with Crippen molar-refractivity contribution < 1.29 is 14.3 Å². The first-order chi connectivity index (χ1) is 13.5. The van der Waals surface area contributed by atoms with Gasteiger partial charge in [-0.05, 0) is 50.1 Å². The number of anilines is 1. The van der Waals surface area contributed by atoms with Crippen molar-refractivity contribution in [2.24, 2.45) is 0 Å². The van der Waals surface area contributed by atoms with Crippen LogP contribution in [0.1, 0.15) is 49.4 Å². The van der Waals surface area contributed by atoms with E-state index in [0.29, 0.717) is 22.0 Å². The van der Waals surface area contributed by atoms with Crippen molar-refractivity contribution in [1.82, 2.24) is 5.32 Å². The summed E-state index contributed by atoms with van der Waals surface area (Å²) in [4.78, 5) is 25.3. The van der Waals surface area contributed by atoms with Crippen LogP contribution in [0.5, 0.6) is 5.75 Å². The fourth-order valence-electron chi connectivity index (χ4n) is 3.33. The summed E-state index contributed by atoms with van der Waals surface area (Å²) < 4.78 is 5.65. The van der Waals surface area contributed by atoms with Gasteiger partial charge in [0.25, 0.3) is 11.8 Å². The molecule has 2 amide bonds. The highest BCUT2D eigenvalue weighted by Crippen LogP contribution is 2.21. The normalized spacial score (nSPS) is 15.5. The molecule has 0 heterocycles. The van der Waals surface area contributed by atoms with E-state index in [0.717, 1.165) is 25.7 Å². The second kappa shape index (κ2) is 9.60. The first kappa shape index (κ1) is 20.2. The van der Waals surface area contributed by atoms with E-state index in [1.807, 2.05) is 0 Å². The standard InChI is InChI=1S/C22H25ClN2O3/c1-15(28-18-11-7-8-16(23)14-18)21(26)25-20-13-6-5-12-19(20)22(27)24-17-9-3-2-4-10-17/h5-8,11-15,17H,2-4,9-10H2,1H3,(H,24,27)(H,25,26). The number of carbonyl (C=O) groups excluding carboxylic acids is 2. The Morgan fingerprint density at radius 3 is 2.57 bits per heavy atom. The number of nitrogens with one attached hydrogen (secondary N) is 2. The summed E-state index contributed by atoms with van der Waals surface area (Å²) in [7, 11) is 0. The first-order valence-corrected chi connectivity index (χ1v) is 10.0. The molecule has 2 aromatic carbocycles. The summed E-state index contributed by atoms with van der Waals surface area (Å²) in [6, 6.07) is 14.1. The van der Waals surface area contributed by atoms with Gasteiger partial charge in [-0.15, -0.1) is 0 Å². The lowest BCUT2D eigenvalue weighted by atomic mass is 9.95. The number of benzene rings is 2. The lowest BCUT2D eigenvalue weighted by Gasteiger charge is -2.23. The van der Waals surface area contributed by atoms with E-state index >= 15 is 0 Å². The van der Waals surface area contributed by atoms with Crippen molar-refractivity contribution in [2.75, 3.05) is 5.32 Å². The zero-order valence-corrected chi connectivity index (χ0v) is 16.7. The van der Waals surface area contributed by atoms with Crippen LogP contribution in [0.4, 0.5) is 5.69 Å². The van der Waals surface area contributed by atoms with E-state index in [9.17, 15) is 9.59 Å². The highest BCUT2D eigenvalue weighted by molar-refractivity contribution is 6.30. The lowest BCUT2D eigenvalue weighted by molar-refractivity contribution is -0.122. The van der Waals surface area contributed by atoms with Crippen molar-refractivity contribution in [1.29, 1.82) is 0 Å². The smallest absolute Gasteiger partial charge is 0.265 e. The Hall–Kier alpha value is -2.53. The van der Waals surface area contributed by atoms with Crippen LogP contribution in [-0.2, 0) is 4.79 Å². The molecule has 2 N–H and O–H groups in total. The molecule has 0 bridgehead atoms. The van der Waals surface area contributed by atoms with Crippen LogP contribution < -0.4 is 15.4 Å². The molecule has 1 aliphatic carbocycles. The topological polar surface area (TPSA) is 67.4 Å². The van der Waals surface area contributed by atoms with Crippen molar-refractivity contribution in [3.63, 3.8) is 0 Å². The molecular formula is C22H25ClN2O3. The first-order valence-electron chi connectivity index (χ1n) is 9.66. The molecule has 0 saturated heterocycles. The van der Waals surface area contributed by atoms with Gasteiger partial charge >= 0.3 is 0 Å². The number of halogens is 1. The van der Waals surface area contributed by atoms with Gasteiger partial charge < -0.3 is 15.4 Å². The van der Waals surface area contributed by atoms with Crippen molar-refractivity contribution in [2.45, 2.75) is 51.2 Å². The zero-order valence-electron chi connectivity index (χ0n) is 15.9. The Bertz CT molecular complexity index is 834. The minimum absolute atomic E-state index is 0.161. The molecule has 0 aromatic heterocycles. The summed E-state index contributed by atoms with van der Waals surface area (Å²) in [6.07, 6.45) is 4.77. The average molecular weight is 401 g/mol. The third-order valence-electron chi connectivity index (χ3n) is 4.85. The minimum Gasteiger partial charge on any atom is -0.481 e. The second-order valence-corrected chi connectivity index (χ2v) is 7.50. The van der Waals surface area contributed by atoms with Gasteiger partial charge in [0.2, 0.25) is 0 Å². The van der Waals surface area contributed by atoms with Crippen molar-refractivity contribution >= 4 is 29.1 Å². The van der Waals surface area contributed by atoms with Crippen LogP contribution >= 0.6 is 11.6 Å². The van der Waals surface area contributed by atoms with Gasteiger partial charge in [-0.25, -0.2) is 0 Å². The molecule has 1 atom stereocenters. The summed E-state index contributed by atoms with van der Waals surface area (Å²) in [5.41, 5.74) is 0.929. The van der Waals surface area contributed by atoms with Gasteiger partial charge in [-0.2, -0.15) is 0 Å². The van der Waals surface area contributed by atoms with Crippen molar-refractivity contribution in [3.8, 4) is 5.75 Å². The zero-order chi connectivity index (χ0) is 19.9. The number of amides is 2.